The lowest BCUT2D eigenvalue weighted by Crippen LogP contribution is -2.28. The molecule has 0 unspecified atom stereocenters. The van der Waals surface area contributed by atoms with Crippen LogP contribution in [0.15, 0.2) is 47.6 Å². The molecular formula is C21H21Cl2N5O3S. The van der Waals surface area contributed by atoms with Crippen LogP contribution in [0.1, 0.15) is 29.1 Å². The summed E-state index contributed by atoms with van der Waals surface area (Å²) in [5, 5.41) is 15.2. The molecule has 0 saturated heterocycles. The molecule has 2 aromatic carbocycles. The van der Waals surface area contributed by atoms with Crippen molar-refractivity contribution in [3.8, 4) is 5.75 Å². The lowest BCUT2D eigenvalue weighted by Gasteiger charge is -2.14. The Bertz CT molecular complexity index is 1140. The van der Waals surface area contributed by atoms with Gasteiger partial charge in [-0.1, -0.05) is 41.0 Å². The molecule has 0 radical (unpaired) electrons. The third-order valence-corrected chi connectivity index (χ3v) is 6.23. The summed E-state index contributed by atoms with van der Waals surface area (Å²) in [7, 11) is 3.34. The Balaban J connectivity index is 1.58. The van der Waals surface area contributed by atoms with Crippen molar-refractivity contribution in [2.24, 2.45) is 7.05 Å². The Morgan fingerprint density at radius 1 is 1.16 bits per heavy atom. The van der Waals surface area contributed by atoms with E-state index in [0.29, 0.717) is 38.0 Å². The Morgan fingerprint density at radius 2 is 1.94 bits per heavy atom. The van der Waals surface area contributed by atoms with Gasteiger partial charge in [0.05, 0.1) is 28.9 Å². The number of carbonyl (C=O) groups is 2. The van der Waals surface area contributed by atoms with Gasteiger partial charge in [0.25, 0.3) is 5.91 Å². The number of halogens is 2. The summed E-state index contributed by atoms with van der Waals surface area (Å²) in [6, 6.07) is 11.4. The van der Waals surface area contributed by atoms with Crippen LogP contribution < -0.4 is 15.4 Å². The molecular weight excluding hydrogens is 473 g/mol. The standard InChI is InChI=1S/C21H21Cl2N5O3S/c1-12(24-20(30)13-7-8-16(22)17(23)9-13)19-26-27-21(28(19)2)32-11-18(29)25-14-5-4-6-15(10-14)31-3/h4-10,12H,11H2,1-3H3,(H,24,30)(H,25,29)/t12-/m0/s1. The van der Waals surface area contributed by atoms with Crippen LogP contribution >= 0.6 is 35.0 Å². The minimum atomic E-state index is -0.422. The van der Waals surface area contributed by atoms with Gasteiger partial charge in [-0.25, -0.2) is 0 Å². The molecule has 0 fully saturated rings. The smallest absolute Gasteiger partial charge is 0.251 e. The fourth-order valence-electron chi connectivity index (χ4n) is 2.84. The number of methoxy groups -OCH3 is 1. The summed E-state index contributed by atoms with van der Waals surface area (Å²) in [5.41, 5.74) is 1.03. The first kappa shape index (κ1) is 23.9. The number of ether oxygens (including phenoxy) is 1. The van der Waals surface area contributed by atoms with Crippen LogP contribution in [0.2, 0.25) is 10.0 Å². The van der Waals surface area contributed by atoms with Gasteiger partial charge in [0.15, 0.2) is 11.0 Å². The second kappa shape index (κ2) is 10.7. The quantitative estimate of drug-likeness (QED) is 0.452. The van der Waals surface area contributed by atoms with E-state index in [4.69, 9.17) is 27.9 Å². The van der Waals surface area contributed by atoms with Crippen molar-refractivity contribution >= 4 is 52.5 Å². The number of anilines is 1. The fraction of sp³-hybridized carbons (Fsp3) is 0.238. The number of rotatable bonds is 8. The highest BCUT2D eigenvalue weighted by molar-refractivity contribution is 7.99. The number of aromatic nitrogens is 3. The largest absolute Gasteiger partial charge is 0.497 e. The number of nitrogens with zero attached hydrogens (tertiary/aromatic N) is 3. The number of carbonyl (C=O) groups excluding carboxylic acids is 2. The first-order valence-electron chi connectivity index (χ1n) is 9.50. The number of amides is 2. The van der Waals surface area contributed by atoms with Gasteiger partial charge in [0, 0.05) is 24.4 Å². The van der Waals surface area contributed by atoms with Crippen molar-refractivity contribution in [3.63, 3.8) is 0 Å². The molecule has 0 aliphatic heterocycles. The zero-order valence-electron chi connectivity index (χ0n) is 17.6. The van der Waals surface area contributed by atoms with Gasteiger partial charge in [-0.05, 0) is 37.3 Å². The molecule has 0 aliphatic rings. The second-order valence-electron chi connectivity index (χ2n) is 6.79. The normalized spacial score (nSPS) is 11.7. The third kappa shape index (κ3) is 5.93. The van der Waals surface area contributed by atoms with Crippen molar-refractivity contribution in [3.05, 3.63) is 63.9 Å². The van der Waals surface area contributed by atoms with Gasteiger partial charge >= 0.3 is 0 Å². The number of hydrogen-bond donors (Lipinski definition) is 2. The van der Waals surface area contributed by atoms with E-state index in [1.807, 2.05) is 0 Å². The maximum absolute atomic E-state index is 12.5. The van der Waals surface area contributed by atoms with Gasteiger partial charge in [-0.15, -0.1) is 10.2 Å². The van der Waals surface area contributed by atoms with E-state index in [2.05, 4.69) is 20.8 Å². The molecule has 1 atom stereocenters. The SMILES string of the molecule is COc1cccc(NC(=O)CSc2nnc([C@H](C)NC(=O)c3ccc(Cl)c(Cl)c3)n2C)c1. The van der Waals surface area contributed by atoms with Crippen molar-refractivity contribution in [1.29, 1.82) is 0 Å². The predicted octanol–water partition coefficient (Wildman–Crippen LogP) is 4.35. The van der Waals surface area contributed by atoms with E-state index in [1.54, 1.807) is 62.0 Å². The first-order valence-corrected chi connectivity index (χ1v) is 11.2. The molecule has 8 nitrogen and oxygen atoms in total. The molecule has 0 aliphatic carbocycles. The van der Waals surface area contributed by atoms with Crippen molar-refractivity contribution < 1.29 is 14.3 Å². The predicted molar refractivity (Wildman–Crippen MR) is 126 cm³/mol. The monoisotopic (exact) mass is 493 g/mol. The lowest BCUT2D eigenvalue weighted by molar-refractivity contribution is -0.113. The molecule has 3 rings (SSSR count). The molecule has 168 valence electrons. The molecule has 1 aromatic heterocycles. The summed E-state index contributed by atoms with van der Waals surface area (Å²) in [6.07, 6.45) is 0. The molecule has 3 aromatic rings. The second-order valence-corrected chi connectivity index (χ2v) is 8.55. The van der Waals surface area contributed by atoms with Crippen LogP contribution in [-0.4, -0.2) is 39.4 Å². The molecule has 2 amide bonds. The molecule has 0 saturated carbocycles. The Labute approximate surface area is 199 Å². The molecule has 0 spiro atoms. The van der Waals surface area contributed by atoms with Crippen LogP contribution in [0.3, 0.4) is 0 Å². The van der Waals surface area contributed by atoms with E-state index in [0.717, 1.165) is 0 Å². The summed E-state index contributed by atoms with van der Waals surface area (Å²) in [6.45, 7) is 1.80. The number of nitrogens with one attached hydrogen (secondary N) is 2. The average molecular weight is 494 g/mol. The zero-order chi connectivity index (χ0) is 23.3. The summed E-state index contributed by atoms with van der Waals surface area (Å²) >= 11 is 13.1. The van der Waals surface area contributed by atoms with Gasteiger partial charge in [0.2, 0.25) is 5.91 Å². The number of benzene rings is 2. The third-order valence-electron chi connectivity index (χ3n) is 4.47. The van der Waals surface area contributed by atoms with Gasteiger partial charge in [0.1, 0.15) is 5.75 Å². The Kier molecular flexibility index (Phi) is 8.00. The van der Waals surface area contributed by atoms with E-state index in [1.165, 1.54) is 17.8 Å². The van der Waals surface area contributed by atoms with Crippen molar-refractivity contribution in [1.82, 2.24) is 20.1 Å². The molecule has 0 bridgehead atoms. The Hall–Kier alpha value is -2.75. The van der Waals surface area contributed by atoms with E-state index in [9.17, 15) is 9.59 Å². The maximum Gasteiger partial charge on any atom is 0.251 e. The lowest BCUT2D eigenvalue weighted by atomic mass is 10.2. The highest BCUT2D eigenvalue weighted by Crippen LogP contribution is 2.24. The first-order chi connectivity index (χ1) is 15.3. The average Bonchev–Trinajstić information content (AvgIpc) is 3.14. The van der Waals surface area contributed by atoms with E-state index in [-0.39, 0.29) is 17.6 Å². The summed E-state index contributed by atoms with van der Waals surface area (Å²) in [5.74, 6) is 0.854. The van der Waals surface area contributed by atoms with Crippen LogP contribution in [0.5, 0.6) is 5.75 Å². The van der Waals surface area contributed by atoms with E-state index >= 15 is 0 Å². The van der Waals surface area contributed by atoms with Gasteiger partial charge in [-0.3, -0.25) is 9.59 Å². The molecule has 11 heteroatoms. The van der Waals surface area contributed by atoms with Crippen LogP contribution in [0.25, 0.3) is 0 Å². The topological polar surface area (TPSA) is 98.1 Å². The van der Waals surface area contributed by atoms with Crippen molar-refractivity contribution in [2.45, 2.75) is 18.1 Å². The summed E-state index contributed by atoms with van der Waals surface area (Å²) < 4.78 is 6.89. The van der Waals surface area contributed by atoms with Gasteiger partial charge < -0.3 is 19.9 Å². The number of hydrogen-bond acceptors (Lipinski definition) is 6. The van der Waals surface area contributed by atoms with Crippen molar-refractivity contribution in [2.75, 3.05) is 18.2 Å². The fourth-order valence-corrected chi connectivity index (χ4v) is 3.86. The Morgan fingerprint density at radius 3 is 2.66 bits per heavy atom. The molecule has 2 N–H and O–H groups in total. The van der Waals surface area contributed by atoms with E-state index < -0.39 is 6.04 Å². The highest BCUT2D eigenvalue weighted by atomic mass is 35.5. The van der Waals surface area contributed by atoms with Gasteiger partial charge in [-0.2, -0.15) is 0 Å². The van der Waals surface area contributed by atoms with Crippen LogP contribution in [-0.2, 0) is 11.8 Å². The molecule has 32 heavy (non-hydrogen) atoms. The molecule has 1 heterocycles. The summed E-state index contributed by atoms with van der Waals surface area (Å²) in [4.78, 5) is 24.8. The highest BCUT2D eigenvalue weighted by Gasteiger charge is 2.19. The minimum Gasteiger partial charge on any atom is -0.497 e. The van der Waals surface area contributed by atoms with Crippen LogP contribution in [0, 0.1) is 0 Å². The van der Waals surface area contributed by atoms with Crippen LogP contribution in [0.4, 0.5) is 5.69 Å². The maximum atomic E-state index is 12.5. The minimum absolute atomic E-state index is 0.146. The zero-order valence-corrected chi connectivity index (χ0v) is 19.9. The number of thioether (sulfide) groups is 1.